The third-order valence-corrected chi connectivity index (χ3v) is 5.38. The minimum Gasteiger partial charge on any atom is -0.378 e. The standard InChI is InChI=1S/C22H27IN2O/c1-6-21(26)12-9-17-14-19(24(2)3)10-7-16(17)13-18-8-11-20(25(4)5)15-22(18)23/h7-12,14-15H,6,13H2,1-5H3/b12-9+. The van der Waals surface area contributed by atoms with E-state index in [9.17, 15) is 4.79 Å². The highest BCUT2D eigenvalue weighted by molar-refractivity contribution is 14.1. The number of anilines is 2. The third-order valence-electron chi connectivity index (χ3n) is 4.38. The van der Waals surface area contributed by atoms with Gasteiger partial charge in [-0.25, -0.2) is 0 Å². The van der Waals surface area contributed by atoms with Gasteiger partial charge in [-0.05, 0) is 76.0 Å². The lowest BCUT2D eigenvalue weighted by atomic mass is 9.98. The molecule has 0 fully saturated rings. The maximum absolute atomic E-state index is 11.7. The second-order valence-electron chi connectivity index (χ2n) is 6.78. The molecule has 0 spiro atoms. The summed E-state index contributed by atoms with van der Waals surface area (Å²) in [5.41, 5.74) is 5.96. The first kappa shape index (κ1) is 20.5. The van der Waals surface area contributed by atoms with Crippen molar-refractivity contribution in [3.8, 4) is 0 Å². The van der Waals surface area contributed by atoms with Crippen LogP contribution >= 0.6 is 22.6 Å². The molecule has 0 N–H and O–H groups in total. The SMILES string of the molecule is CCC(=O)/C=C/c1cc(N(C)C)ccc1Cc1ccc(N(C)C)cc1I. The van der Waals surface area contributed by atoms with Gasteiger partial charge in [0.05, 0.1) is 0 Å². The van der Waals surface area contributed by atoms with Gasteiger partial charge in [0.1, 0.15) is 0 Å². The summed E-state index contributed by atoms with van der Waals surface area (Å²) < 4.78 is 1.25. The van der Waals surface area contributed by atoms with Gasteiger partial charge in [-0.2, -0.15) is 0 Å². The summed E-state index contributed by atoms with van der Waals surface area (Å²) in [5, 5.41) is 0. The number of carbonyl (C=O) groups excluding carboxylic acids is 1. The van der Waals surface area contributed by atoms with Crippen LogP contribution in [0.15, 0.2) is 42.5 Å². The molecule has 0 unspecified atom stereocenters. The molecule has 0 aromatic heterocycles. The first-order valence-electron chi connectivity index (χ1n) is 8.78. The smallest absolute Gasteiger partial charge is 0.155 e. The van der Waals surface area contributed by atoms with Crippen molar-refractivity contribution in [2.45, 2.75) is 19.8 Å². The van der Waals surface area contributed by atoms with Gasteiger partial charge in [-0.1, -0.05) is 25.1 Å². The Kier molecular flexibility index (Phi) is 7.26. The molecule has 0 saturated carbocycles. The largest absolute Gasteiger partial charge is 0.378 e. The molecule has 0 aliphatic rings. The van der Waals surface area contributed by atoms with Gasteiger partial charge in [0.25, 0.3) is 0 Å². The summed E-state index contributed by atoms with van der Waals surface area (Å²) in [6.45, 7) is 1.89. The quantitative estimate of drug-likeness (QED) is 0.427. The maximum Gasteiger partial charge on any atom is 0.155 e. The lowest BCUT2D eigenvalue weighted by molar-refractivity contribution is -0.114. The number of ketones is 1. The Balaban J connectivity index is 2.39. The number of hydrogen-bond donors (Lipinski definition) is 0. The molecule has 0 bridgehead atoms. The van der Waals surface area contributed by atoms with Crippen LogP contribution in [0.1, 0.15) is 30.0 Å². The van der Waals surface area contributed by atoms with E-state index in [1.165, 1.54) is 20.4 Å². The van der Waals surface area contributed by atoms with E-state index in [0.717, 1.165) is 17.7 Å². The Hall–Kier alpha value is -1.82. The van der Waals surface area contributed by atoms with E-state index in [-0.39, 0.29) is 5.78 Å². The zero-order chi connectivity index (χ0) is 19.3. The van der Waals surface area contributed by atoms with E-state index in [4.69, 9.17) is 0 Å². The minimum absolute atomic E-state index is 0.149. The topological polar surface area (TPSA) is 23.6 Å². The first-order chi connectivity index (χ1) is 12.3. The molecule has 0 radical (unpaired) electrons. The number of allylic oxidation sites excluding steroid dienone is 1. The molecule has 138 valence electrons. The second kappa shape index (κ2) is 9.21. The molecule has 2 rings (SSSR count). The Morgan fingerprint density at radius 2 is 1.54 bits per heavy atom. The molecule has 0 aliphatic carbocycles. The molecule has 0 amide bonds. The summed E-state index contributed by atoms with van der Waals surface area (Å²) in [5.74, 6) is 0.149. The Morgan fingerprint density at radius 1 is 0.962 bits per heavy atom. The summed E-state index contributed by atoms with van der Waals surface area (Å²) in [6.07, 6.45) is 5.02. The number of benzene rings is 2. The van der Waals surface area contributed by atoms with Gasteiger partial charge in [0, 0.05) is 49.6 Å². The zero-order valence-corrected chi connectivity index (χ0v) is 18.4. The predicted molar refractivity (Wildman–Crippen MR) is 121 cm³/mol. The highest BCUT2D eigenvalue weighted by Gasteiger charge is 2.09. The van der Waals surface area contributed by atoms with Crippen molar-refractivity contribution >= 4 is 45.8 Å². The molecular weight excluding hydrogens is 435 g/mol. The molecule has 2 aromatic rings. The summed E-state index contributed by atoms with van der Waals surface area (Å²) >= 11 is 2.41. The van der Waals surface area contributed by atoms with Crippen LogP contribution in [0.3, 0.4) is 0 Å². The van der Waals surface area contributed by atoms with Crippen molar-refractivity contribution in [1.82, 2.24) is 0 Å². The molecule has 26 heavy (non-hydrogen) atoms. The third kappa shape index (κ3) is 5.34. The van der Waals surface area contributed by atoms with E-state index in [1.54, 1.807) is 6.08 Å². The number of carbonyl (C=O) groups is 1. The van der Waals surface area contributed by atoms with Crippen molar-refractivity contribution in [3.63, 3.8) is 0 Å². The molecule has 0 aliphatic heterocycles. The van der Waals surface area contributed by atoms with Crippen LogP contribution in [0.25, 0.3) is 6.08 Å². The molecule has 2 aromatic carbocycles. The monoisotopic (exact) mass is 462 g/mol. The van der Waals surface area contributed by atoms with Gasteiger partial charge in [-0.15, -0.1) is 0 Å². The average molecular weight is 462 g/mol. The molecule has 0 heterocycles. The maximum atomic E-state index is 11.7. The number of halogens is 1. The van der Waals surface area contributed by atoms with Crippen molar-refractivity contribution in [2.24, 2.45) is 0 Å². The van der Waals surface area contributed by atoms with Crippen LogP contribution in [-0.4, -0.2) is 34.0 Å². The van der Waals surface area contributed by atoms with Crippen molar-refractivity contribution in [3.05, 3.63) is 62.7 Å². The van der Waals surface area contributed by atoms with Crippen LogP contribution in [0.2, 0.25) is 0 Å². The average Bonchev–Trinajstić information content (AvgIpc) is 2.61. The van der Waals surface area contributed by atoms with Gasteiger partial charge < -0.3 is 9.80 Å². The Morgan fingerprint density at radius 3 is 2.08 bits per heavy atom. The summed E-state index contributed by atoms with van der Waals surface area (Å²) in [4.78, 5) is 15.9. The normalized spacial score (nSPS) is 11.0. The highest BCUT2D eigenvalue weighted by Crippen LogP contribution is 2.26. The number of rotatable bonds is 7. The Bertz CT molecular complexity index is 810. The van der Waals surface area contributed by atoms with Crippen molar-refractivity contribution < 1.29 is 4.79 Å². The zero-order valence-electron chi connectivity index (χ0n) is 16.2. The highest BCUT2D eigenvalue weighted by atomic mass is 127. The summed E-state index contributed by atoms with van der Waals surface area (Å²) in [7, 11) is 8.17. The second-order valence-corrected chi connectivity index (χ2v) is 7.94. The lowest BCUT2D eigenvalue weighted by Crippen LogP contribution is -2.10. The molecule has 0 saturated heterocycles. The molecular formula is C22H27IN2O. The van der Waals surface area contributed by atoms with Crippen molar-refractivity contribution in [1.29, 1.82) is 0 Å². The fraction of sp³-hybridized carbons (Fsp3) is 0.318. The van der Waals surface area contributed by atoms with Crippen LogP contribution in [0.5, 0.6) is 0 Å². The van der Waals surface area contributed by atoms with E-state index >= 15 is 0 Å². The van der Waals surface area contributed by atoms with E-state index in [0.29, 0.717) is 6.42 Å². The lowest BCUT2D eigenvalue weighted by Gasteiger charge is -2.17. The van der Waals surface area contributed by atoms with Gasteiger partial charge in [0.2, 0.25) is 0 Å². The van der Waals surface area contributed by atoms with Crippen molar-refractivity contribution in [2.75, 3.05) is 38.0 Å². The Labute approximate surface area is 170 Å². The van der Waals surface area contributed by atoms with Gasteiger partial charge in [0.15, 0.2) is 5.78 Å². The van der Waals surface area contributed by atoms with E-state index in [1.807, 2.05) is 27.1 Å². The number of hydrogen-bond acceptors (Lipinski definition) is 3. The first-order valence-corrected chi connectivity index (χ1v) is 9.86. The molecule has 4 heteroatoms. The van der Waals surface area contributed by atoms with Gasteiger partial charge in [-0.3, -0.25) is 4.79 Å². The van der Waals surface area contributed by atoms with Crippen LogP contribution in [0, 0.1) is 3.57 Å². The van der Waals surface area contributed by atoms with Crippen LogP contribution in [-0.2, 0) is 11.2 Å². The van der Waals surface area contributed by atoms with Gasteiger partial charge >= 0.3 is 0 Å². The predicted octanol–water partition coefficient (Wildman–Crippen LogP) is 5.01. The van der Waals surface area contributed by atoms with Crippen LogP contribution < -0.4 is 9.80 Å². The number of nitrogens with zero attached hydrogens (tertiary/aromatic N) is 2. The fourth-order valence-corrected chi connectivity index (χ4v) is 3.33. The fourth-order valence-electron chi connectivity index (χ4n) is 2.64. The van der Waals surface area contributed by atoms with E-state index < -0.39 is 0 Å². The van der Waals surface area contributed by atoms with Crippen LogP contribution in [0.4, 0.5) is 11.4 Å². The summed E-state index contributed by atoms with van der Waals surface area (Å²) in [6, 6.07) is 13.0. The van der Waals surface area contributed by atoms with E-state index in [2.05, 4.69) is 82.9 Å². The minimum atomic E-state index is 0.149. The molecule has 3 nitrogen and oxygen atoms in total. The molecule has 0 atom stereocenters.